The smallest absolute Gasteiger partial charge is 0.287 e. The van der Waals surface area contributed by atoms with E-state index >= 15 is 0 Å². The van der Waals surface area contributed by atoms with Crippen LogP contribution in [0.1, 0.15) is 32.3 Å². The van der Waals surface area contributed by atoms with Crippen molar-refractivity contribution in [3.63, 3.8) is 0 Å². The minimum Gasteiger partial charge on any atom is -0.385 e. The van der Waals surface area contributed by atoms with Crippen molar-refractivity contribution in [3.8, 4) is 0 Å². The van der Waals surface area contributed by atoms with E-state index in [0.717, 1.165) is 5.56 Å². The lowest BCUT2D eigenvalue weighted by Gasteiger charge is -2.39. The van der Waals surface area contributed by atoms with Crippen LogP contribution in [-0.2, 0) is 5.60 Å². The summed E-state index contributed by atoms with van der Waals surface area (Å²) in [7, 11) is 0. The highest BCUT2D eigenvalue weighted by atomic mass is 16.6. The van der Waals surface area contributed by atoms with Gasteiger partial charge < -0.3 is 10.0 Å². The zero-order chi connectivity index (χ0) is 17.6. The molecule has 2 aromatic rings. The largest absolute Gasteiger partial charge is 0.385 e. The number of aromatic nitrogens is 1. The van der Waals surface area contributed by atoms with E-state index in [1.807, 2.05) is 49.1 Å². The lowest BCUT2D eigenvalue weighted by atomic mass is 9.84. The Balaban J connectivity index is 0.00000100. The fourth-order valence-electron chi connectivity index (χ4n) is 2.82. The highest BCUT2D eigenvalue weighted by Crippen LogP contribution is 2.34. The van der Waals surface area contributed by atoms with E-state index in [1.54, 1.807) is 6.07 Å². The van der Waals surface area contributed by atoms with Gasteiger partial charge in [-0.05, 0) is 24.5 Å². The second kappa shape index (κ2) is 7.88. The van der Waals surface area contributed by atoms with Crippen molar-refractivity contribution in [1.29, 1.82) is 0 Å². The van der Waals surface area contributed by atoms with Gasteiger partial charge in [0.05, 0.1) is 10.5 Å². The molecule has 0 amide bonds. The van der Waals surface area contributed by atoms with E-state index in [4.69, 9.17) is 0 Å². The second-order valence-corrected chi connectivity index (χ2v) is 5.52. The first-order chi connectivity index (χ1) is 11.6. The molecular formula is C18H23N3O3. The normalized spacial score (nSPS) is 16.0. The number of aliphatic hydroxyl groups is 1. The average molecular weight is 329 g/mol. The van der Waals surface area contributed by atoms with E-state index in [9.17, 15) is 15.2 Å². The van der Waals surface area contributed by atoms with E-state index in [-0.39, 0.29) is 5.69 Å². The standard InChI is InChI=1S/C16H17N3O3.C2H6/c20-16(13-4-2-1-3-5-13)8-10-18(11-9-16)15-7-6-14(12-17-15)19(21)22;1-2/h1-7,12,20H,8-11H2;1-2H3. The van der Waals surface area contributed by atoms with E-state index in [2.05, 4.69) is 4.98 Å². The van der Waals surface area contributed by atoms with Crippen LogP contribution in [0.2, 0.25) is 0 Å². The van der Waals surface area contributed by atoms with Crippen molar-refractivity contribution in [3.05, 3.63) is 64.3 Å². The van der Waals surface area contributed by atoms with Gasteiger partial charge in [0.2, 0.25) is 0 Å². The summed E-state index contributed by atoms with van der Waals surface area (Å²) < 4.78 is 0. The van der Waals surface area contributed by atoms with Gasteiger partial charge in [0.1, 0.15) is 12.0 Å². The van der Waals surface area contributed by atoms with Crippen LogP contribution in [0.3, 0.4) is 0 Å². The van der Waals surface area contributed by atoms with Crippen molar-refractivity contribution in [1.82, 2.24) is 4.98 Å². The molecule has 0 bridgehead atoms. The number of piperidine rings is 1. The second-order valence-electron chi connectivity index (χ2n) is 5.52. The molecule has 1 fully saturated rings. The molecule has 1 N–H and O–H groups in total. The summed E-state index contributed by atoms with van der Waals surface area (Å²) in [6, 6.07) is 12.8. The molecule has 128 valence electrons. The van der Waals surface area contributed by atoms with Gasteiger partial charge in [0, 0.05) is 19.2 Å². The molecule has 6 heteroatoms. The van der Waals surface area contributed by atoms with Gasteiger partial charge in [0.15, 0.2) is 0 Å². The van der Waals surface area contributed by atoms with Crippen LogP contribution in [-0.4, -0.2) is 28.1 Å². The first-order valence-electron chi connectivity index (χ1n) is 8.22. The van der Waals surface area contributed by atoms with Gasteiger partial charge in [-0.2, -0.15) is 0 Å². The molecule has 2 heterocycles. The predicted octanol–water partition coefficient (Wildman–Crippen LogP) is 3.50. The molecule has 1 saturated heterocycles. The first-order valence-corrected chi connectivity index (χ1v) is 8.22. The topological polar surface area (TPSA) is 79.5 Å². The maximum Gasteiger partial charge on any atom is 0.287 e. The quantitative estimate of drug-likeness (QED) is 0.688. The minimum atomic E-state index is -0.807. The molecule has 0 aliphatic carbocycles. The molecule has 1 aromatic heterocycles. The third-order valence-electron chi connectivity index (χ3n) is 4.17. The van der Waals surface area contributed by atoms with E-state index in [1.165, 1.54) is 12.3 Å². The fourth-order valence-corrected chi connectivity index (χ4v) is 2.82. The van der Waals surface area contributed by atoms with Crippen LogP contribution >= 0.6 is 0 Å². The van der Waals surface area contributed by atoms with Crippen LogP contribution in [0.5, 0.6) is 0 Å². The molecule has 0 atom stereocenters. The number of nitro groups is 1. The van der Waals surface area contributed by atoms with E-state index < -0.39 is 10.5 Å². The molecular weight excluding hydrogens is 306 g/mol. The van der Waals surface area contributed by atoms with Crippen LogP contribution in [0.4, 0.5) is 11.5 Å². The number of rotatable bonds is 3. The maximum absolute atomic E-state index is 10.8. The molecule has 0 radical (unpaired) electrons. The van der Waals surface area contributed by atoms with Gasteiger partial charge in [0.25, 0.3) is 5.69 Å². The lowest BCUT2D eigenvalue weighted by molar-refractivity contribution is -0.385. The fraction of sp³-hybridized carbons (Fsp3) is 0.389. The Kier molecular flexibility index (Phi) is 5.87. The Hall–Kier alpha value is -2.47. The number of nitrogens with zero attached hydrogens (tertiary/aromatic N) is 3. The number of hydrogen-bond acceptors (Lipinski definition) is 5. The van der Waals surface area contributed by atoms with Crippen molar-refractivity contribution in [2.45, 2.75) is 32.3 Å². The summed E-state index contributed by atoms with van der Waals surface area (Å²) >= 11 is 0. The van der Waals surface area contributed by atoms with Crippen LogP contribution in [0.15, 0.2) is 48.7 Å². The summed E-state index contributed by atoms with van der Waals surface area (Å²) in [6.45, 7) is 5.33. The molecule has 0 unspecified atom stereocenters. The van der Waals surface area contributed by atoms with E-state index in [0.29, 0.717) is 31.7 Å². The molecule has 0 spiro atoms. The Morgan fingerprint density at radius 3 is 2.25 bits per heavy atom. The lowest BCUT2D eigenvalue weighted by Crippen LogP contribution is -2.42. The average Bonchev–Trinajstić information content (AvgIpc) is 2.65. The number of benzene rings is 1. The van der Waals surface area contributed by atoms with Gasteiger partial charge in [-0.3, -0.25) is 10.1 Å². The molecule has 1 aliphatic heterocycles. The van der Waals surface area contributed by atoms with Gasteiger partial charge >= 0.3 is 0 Å². The summed E-state index contributed by atoms with van der Waals surface area (Å²) in [5.41, 5.74) is 0.117. The van der Waals surface area contributed by atoms with Crippen LogP contribution in [0, 0.1) is 10.1 Å². The molecule has 24 heavy (non-hydrogen) atoms. The Morgan fingerprint density at radius 2 is 1.75 bits per heavy atom. The van der Waals surface area contributed by atoms with Crippen LogP contribution < -0.4 is 4.90 Å². The van der Waals surface area contributed by atoms with Crippen LogP contribution in [0.25, 0.3) is 0 Å². The monoisotopic (exact) mass is 329 g/mol. The molecule has 0 saturated carbocycles. The third kappa shape index (κ3) is 3.89. The van der Waals surface area contributed by atoms with Gasteiger partial charge in [-0.1, -0.05) is 44.2 Å². The number of anilines is 1. The maximum atomic E-state index is 10.8. The predicted molar refractivity (Wildman–Crippen MR) is 94.0 cm³/mol. The van der Waals surface area contributed by atoms with Crippen molar-refractivity contribution >= 4 is 11.5 Å². The Morgan fingerprint density at radius 1 is 1.12 bits per heavy atom. The third-order valence-corrected chi connectivity index (χ3v) is 4.17. The summed E-state index contributed by atoms with van der Waals surface area (Å²) in [4.78, 5) is 16.4. The molecule has 1 aliphatic rings. The van der Waals surface area contributed by atoms with Crippen molar-refractivity contribution in [2.24, 2.45) is 0 Å². The summed E-state index contributed by atoms with van der Waals surface area (Å²) in [5, 5.41) is 21.4. The Labute approximate surface area is 141 Å². The zero-order valence-electron chi connectivity index (χ0n) is 14.1. The minimum absolute atomic E-state index is 0.0125. The highest BCUT2D eigenvalue weighted by molar-refractivity contribution is 5.43. The number of pyridine rings is 1. The Bertz CT molecular complexity index is 651. The number of hydrogen-bond donors (Lipinski definition) is 1. The SMILES string of the molecule is CC.O=[N+]([O-])c1ccc(N2CCC(O)(c3ccccc3)CC2)nc1. The van der Waals surface area contributed by atoms with Crippen molar-refractivity contribution in [2.75, 3.05) is 18.0 Å². The zero-order valence-corrected chi connectivity index (χ0v) is 14.1. The summed E-state index contributed by atoms with van der Waals surface area (Å²) in [6.07, 6.45) is 2.48. The summed E-state index contributed by atoms with van der Waals surface area (Å²) in [5.74, 6) is 0.709. The molecule has 3 rings (SSSR count). The first kappa shape index (κ1) is 17.9. The molecule has 1 aromatic carbocycles. The highest BCUT2D eigenvalue weighted by Gasteiger charge is 2.34. The van der Waals surface area contributed by atoms with Gasteiger partial charge in [-0.25, -0.2) is 4.98 Å². The van der Waals surface area contributed by atoms with Crippen molar-refractivity contribution < 1.29 is 10.0 Å². The van der Waals surface area contributed by atoms with Gasteiger partial charge in [-0.15, -0.1) is 0 Å². The molecule has 6 nitrogen and oxygen atoms in total.